The molecule has 7 heavy (non-hydrogen) atoms. The third kappa shape index (κ3) is 1.31. The van der Waals surface area contributed by atoms with E-state index >= 15 is 0 Å². The van der Waals surface area contributed by atoms with Gasteiger partial charge in [0.05, 0.1) is 5.03 Å². The normalized spacial score (nSPS) is 17.0. The van der Waals surface area contributed by atoms with Gasteiger partial charge in [-0.15, -0.1) is 12.6 Å². The van der Waals surface area contributed by atoms with Crippen LogP contribution in [0.25, 0.3) is 0 Å². The van der Waals surface area contributed by atoms with Crippen LogP contribution in [-0.4, -0.2) is 7.41 Å². The van der Waals surface area contributed by atoms with E-state index in [1.165, 1.54) is 0 Å². The van der Waals surface area contributed by atoms with Gasteiger partial charge in [-0.05, 0) is 6.08 Å². The second-order valence-electron chi connectivity index (χ2n) is 1.25. The Balaban J connectivity index is 2.57. The van der Waals surface area contributed by atoms with Gasteiger partial charge in [0.25, 0.3) is 7.41 Å². The molecule has 1 aliphatic heterocycles. The molecule has 0 aromatic rings. The summed E-state index contributed by atoms with van der Waals surface area (Å²) in [6, 6.07) is 0. The van der Waals surface area contributed by atoms with Crippen molar-refractivity contribution in [2.45, 2.75) is 0 Å². The van der Waals surface area contributed by atoms with Crippen molar-refractivity contribution >= 4 is 20.0 Å². The standard InChI is InChI=1S/C4H5BNS/c7-4-2-1-3-5-6-4/h1-3,6-7H. The van der Waals surface area contributed by atoms with Crippen LogP contribution in [0.3, 0.4) is 0 Å². The molecule has 0 saturated carbocycles. The Morgan fingerprint density at radius 3 is 2.86 bits per heavy atom. The average molecular weight is 110 g/mol. The lowest BCUT2D eigenvalue weighted by Crippen LogP contribution is -2.15. The van der Waals surface area contributed by atoms with E-state index in [2.05, 4.69) is 17.9 Å². The van der Waals surface area contributed by atoms with Crippen molar-refractivity contribution in [2.24, 2.45) is 0 Å². The van der Waals surface area contributed by atoms with Crippen LogP contribution in [0.2, 0.25) is 0 Å². The predicted octanol–water partition coefficient (Wildman–Crippen LogP) is 0.494. The van der Waals surface area contributed by atoms with Gasteiger partial charge in [0.2, 0.25) is 0 Å². The molecule has 1 N–H and O–H groups in total. The first-order chi connectivity index (χ1) is 3.39. The SMILES string of the molecule is SC1=CC=C[B]N1. The van der Waals surface area contributed by atoms with Gasteiger partial charge in [-0.25, -0.2) is 0 Å². The fraction of sp³-hybridized carbons (Fsp3) is 0. The third-order valence-corrected chi connectivity index (χ3v) is 0.971. The molecule has 0 aliphatic carbocycles. The molecule has 1 heterocycles. The van der Waals surface area contributed by atoms with E-state index in [4.69, 9.17) is 0 Å². The van der Waals surface area contributed by atoms with Gasteiger partial charge < -0.3 is 5.23 Å². The summed E-state index contributed by atoms with van der Waals surface area (Å²) in [5.74, 6) is 1.92. The quantitative estimate of drug-likeness (QED) is 0.341. The van der Waals surface area contributed by atoms with Crippen molar-refractivity contribution in [3.8, 4) is 0 Å². The summed E-state index contributed by atoms with van der Waals surface area (Å²) in [6.07, 6.45) is 3.82. The highest BCUT2D eigenvalue weighted by atomic mass is 32.1. The summed E-state index contributed by atoms with van der Waals surface area (Å²) in [5.41, 5.74) is 0. The molecule has 0 aromatic carbocycles. The van der Waals surface area contributed by atoms with Crippen LogP contribution < -0.4 is 5.23 Å². The molecule has 3 heteroatoms. The molecule has 35 valence electrons. The summed E-state index contributed by atoms with van der Waals surface area (Å²) in [6.45, 7) is 0. The Morgan fingerprint density at radius 1 is 1.71 bits per heavy atom. The predicted molar refractivity (Wildman–Crippen MR) is 35.1 cm³/mol. The molecule has 0 unspecified atom stereocenters. The van der Waals surface area contributed by atoms with Crippen LogP contribution in [0.4, 0.5) is 0 Å². The van der Waals surface area contributed by atoms with E-state index in [-0.39, 0.29) is 0 Å². The van der Waals surface area contributed by atoms with Gasteiger partial charge in [-0.3, -0.25) is 0 Å². The molecule has 1 nitrogen and oxygen atoms in total. The molecule has 1 aliphatic rings. The number of rotatable bonds is 0. The molecule has 0 aromatic heterocycles. The summed E-state index contributed by atoms with van der Waals surface area (Å²) in [4.78, 5) is 0. The third-order valence-electron chi connectivity index (χ3n) is 0.693. The van der Waals surface area contributed by atoms with Crippen molar-refractivity contribution in [2.75, 3.05) is 0 Å². The Hall–Kier alpha value is -0.305. The summed E-state index contributed by atoms with van der Waals surface area (Å²) < 4.78 is 0. The Kier molecular flexibility index (Phi) is 1.47. The topological polar surface area (TPSA) is 12.0 Å². The van der Waals surface area contributed by atoms with Crippen LogP contribution in [0, 0.1) is 0 Å². The van der Waals surface area contributed by atoms with Crippen LogP contribution in [0.5, 0.6) is 0 Å². The number of hydrogen-bond acceptors (Lipinski definition) is 2. The zero-order valence-corrected chi connectivity index (χ0v) is 4.65. The average Bonchev–Trinajstić information content (AvgIpc) is 1.69. The van der Waals surface area contributed by atoms with E-state index in [0.717, 1.165) is 5.03 Å². The van der Waals surface area contributed by atoms with Crippen molar-refractivity contribution in [3.63, 3.8) is 0 Å². The maximum atomic E-state index is 4.03. The monoisotopic (exact) mass is 110 g/mol. The summed E-state index contributed by atoms with van der Waals surface area (Å²) in [5, 5.41) is 3.79. The minimum atomic E-state index is 0.891. The number of thiol groups is 1. The number of nitrogens with one attached hydrogen (secondary N) is 1. The first-order valence-corrected chi connectivity index (χ1v) is 2.50. The van der Waals surface area contributed by atoms with E-state index in [1.807, 2.05) is 25.5 Å². The first-order valence-electron chi connectivity index (χ1n) is 2.05. The van der Waals surface area contributed by atoms with E-state index in [9.17, 15) is 0 Å². The van der Waals surface area contributed by atoms with Gasteiger partial charge in [-0.2, -0.15) is 0 Å². The highest BCUT2D eigenvalue weighted by Crippen LogP contribution is 1.96. The fourth-order valence-electron chi connectivity index (χ4n) is 0.384. The Bertz CT molecular complexity index is 119. The summed E-state index contributed by atoms with van der Waals surface area (Å²) >= 11 is 4.03. The molecule has 0 atom stereocenters. The van der Waals surface area contributed by atoms with Crippen LogP contribution in [-0.2, 0) is 0 Å². The minimum Gasteiger partial charge on any atom is -0.423 e. The molecule has 1 rings (SSSR count). The van der Waals surface area contributed by atoms with E-state index in [0.29, 0.717) is 0 Å². The molecule has 0 amide bonds. The van der Waals surface area contributed by atoms with E-state index < -0.39 is 0 Å². The van der Waals surface area contributed by atoms with Crippen molar-refractivity contribution in [1.82, 2.24) is 5.23 Å². The summed E-state index contributed by atoms with van der Waals surface area (Å²) in [7, 11) is 1.84. The van der Waals surface area contributed by atoms with Gasteiger partial charge in [0, 0.05) is 0 Å². The number of allylic oxidation sites excluding steroid dienone is 2. The highest BCUT2D eigenvalue weighted by molar-refractivity contribution is 7.84. The molecular weight excluding hydrogens is 105 g/mol. The minimum absolute atomic E-state index is 0.891. The second-order valence-corrected chi connectivity index (χ2v) is 1.73. The molecular formula is C4H5BNS. The lowest BCUT2D eigenvalue weighted by molar-refractivity contribution is 1.32. The van der Waals surface area contributed by atoms with Gasteiger partial charge >= 0.3 is 0 Å². The fourth-order valence-corrected chi connectivity index (χ4v) is 0.544. The van der Waals surface area contributed by atoms with Crippen molar-refractivity contribution in [1.29, 1.82) is 0 Å². The number of hydrogen-bond donors (Lipinski definition) is 2. The molecule has 1 radical (unpaired) electrons. The smallest absolute Gasteiger partial charge is 0.274 e. The van der Waals surface area contributed by atoms with Crippen molar-refractivity contribution in [3.05, 3.63) is 23.2 Å². The van der Waals surface area contributed by atoms with Gasteiger partial charge in [0.1, 0.15) is 0 Å². The second kappa shape index (κ2) is 2.12. The Labute approximate surface area is 49.2 Å². The van der Waals surface area contributed by atoms with E-state index in [1.54, 1.807) is 0 Å². The zero-order valence-electron chi connectivity index (χ0n) is 3.76. The Morgan fingerprint density at radius 2 is 2.57 bits per heavy atom. The first kappa shape index (κ1) is 4.84. The molecule has 0 fully saturated rings. The molecule has 0 spiro atoms. The maximum Gasteiger partial charge on any atom is 0.274 e. The maximum absolute atomic E-state index is 4.03. The molecule has 0 bridgehead atoms. The largest absolute Gasteiger partial charge is 0.423 e. The van der Waals surface area contributed by atoms with Crippen LogP contribution in [0.1, 0.15) is 0 Å². The zero-order chi connectivity index (χ0) is 5.11. The highest BCUT2D eigenvalue weighted by Gasteiger charge is 1.89. The van der Waals surface area contributed by atoms with Gasteiger partial charge in [-0.1, -0.05) is 12.1 Å². The van der Waals surface area contributed by atoms with Crippen molar-refractivity contribution < 1.29 is 0 Å². The van der Waals surface area contributed by atoms with Gasteiger partial charge in [0.15, 0.2) is 0 Å². The van der Waals surface area contributed by atoms with Crippen LogP contribution in [0.15, 0.2) is 23.2 Å². The lowest BCUT2D eigenvalue weighted by Gasteiger charge is -2.01. The van der Waals surface area contributed by atoms with Crippen LogP contribution >= 0.6 is 12.6 Å². The molecule has 0 saturated heterocycles. The lowest BCUT2D eigenvalue weighted by atomic mass is 9.93.